The topological polar surface area (TPSA) is 64.9 Å². The van der Waals surface area contributed by atoms with E-state index in [2.05, 4.69) is 32.6 Å². The Bertz CT molecular complexity index is 466. The first-order valence-corrected chi connectivity index (χ1v) is 6.55. The van der Waals surface area contributed by atoms with E-state index in [9.17, 15) is 4.79 Å². The fourth-order valence-electron chi connectivity index (χ4n) is 1.40. The molecule has 0 unspecified atom stereocenters. The normalized spacial score (nSPS) is 10.2. The smallest absolute Gasteiger partial charge is 0.225 e. The molecule has 0 aliphatic rings. The third kappa shape index (κ3) is 4.86. The van der Waals surface area contributed by atoms with Crippen LogP contribution in [0.4, 0.5) is 5.69 Å². The molecule has 0 fully saturated rings. The summed E-state index contributed by atoms with van der Waals surface area (Å²) < 4.78 is 0.831. The van der Waals surface area contributed by atoms with Gasteiger partial charge in [-0.2, -0.15) is 5.26 Å². The number of anilines is 1. The zero-order valence-electron chi connectivity index (χ0n) is 10.5. The average molecular weight is 310 g/mol. The van der Waals surface area contributed by atoms with E-state index in [-0.39, 0.29) is 5.91 Å². The summed E-state index contributed by atoms with van der Waals surface area (Å²) in [5.74, 6) is -0.0993. The number of nitrogens with one attached hydrogen (secondary N) is 2. The third-order valence-corrected chi connectivity index (χ3v) is 2.77. The summed E-state index contributed by atoms with van der Waals surface area (Å²) in [5.41, 5.74) is 1.00. The predicted octanol–water partition coefficient (Wildman–Crippen LogP) is 2.65. The van der Waals surface area contributed by atoms with Gasteiger partial charge in [0.05, 0.1) is 11.3 Å². The summed E-state index contributed by atoms with van der Waals surface area (Å²) in [6, 6.07) is 7.58. The molecule has 0 saturated carbocycles. The first kappa shape index (κ1) is 14.7. The molecular formula is C13H16BrN3O. The molecule has 1 rings (SSSR count). The molecular weight excluding hydrogens is 294 g/mol. The zero-order valence-corrected chi connectivity index (χ0v) is 12.0. The largest absolute Gasteiger partial charge is 0.325 e. The monoisotopic (exact) mass is 309 g/mol. The van der Waals surface area contributed by atoms with Crippen molar-refractivity contribution in [2.45, 2.75) is 26.3 Å². The van der Waals surface area contributed by atoms with Crippen LogP contribution in [0.15, 0.2) is 22.7 Å². The molecule has 0 radical (unpaired) electrons. The van der Waals surface area contributed by atoms with Crippen molar-refractivity contribution >= 4 is 27.5 Å². The predicted molar refractivity (Wildman–Crippen MR) is 75.2 cm³/mol. The summed E-state index contributed by atoms with van der Waals surface area (Å²) >= 11 is 3.31. The molecule has 0 bridgehead atoms. The van der Waals surface area contributed by atoms with Crippen LogP contribution < -0.4 is 10.6 Å². The molecule has 1 aromatic carbocycles. The second-order valence-corrected chi connectivity index (χ2v) is 5.12. The Labute approximate surface area is 116 Å². The van der Waals surface area contributed by atoms with Gasteiger partial charge in [0.15, 0.2) is 0 Å². The van der Waals surface area contributed by atoms with E-state index in [1.165, 1.54) is 0 Å². The van der Waals surface area contributed by atoms with E-state index in [0.717, 1.165) is 4.47 Å². The minimum atomic E-state index is -0.0993. The number of benzene rings is 1. The number of rotatable bonds is 5. The van der Waals surface area contributed by atoms with Gasteiger partial charge in [0.1, 0.15) is 6.07 Å². The fourth-order valence-corrected chi connectivity index (χ4v) is 1.77. The van der Waals surface area contributed by atoms with Gasteiger partial charge >= 0.3 is 0 Å². The molecule has 0 aliphatic carbocycles. The molecule has 0 aliphatic heterocycles. The Morgan fingerprint density at radius 2 is 2.22 bits per heavy atom. The van der Waals surface area contributed by atoms with E-state index in [1.54, 1.807) is 18.2 Å². The number of carbonyl (C=O) groups is 1. The maximum Gasteiger partial charge on any atom is 0.225 e. The highest BCUT2D eigenvalue weighted by atomic mass is 79.9. The molecule has 4 nitrogen and oxygen atoms in total. The van der Waals surface area contributed by atoms with Crippen molar-refractivity contribution in [3.63, 3.8) is 0 Å². The summed E-state index contributed by atoms with van der Waals surface area (Å²) in [6.45, 7) is 4.68. The van der Waals surface area contributed by atoms with Gasteiger partial charge in [-0.3, -0.25) is 4.79 Å². The summed E-state index contributed by atoms with van der Waals surface area (Å²) in [4.78, 5) is 11.7. The molecule has 96 valence electrons. The van der Waals surface area contributed by atoms with Crippen molar-refractivity contribution in [1.29, 1.82) is 5.26 Å². The number of hydrogen-bond acceptors (Lipinski definition) is 3. The van der Waals surface area contributed by atoms with Gasteiger partial charge in [-0.1, -0.05) is 29.8 Å². The zero-order chi connectivity index (χ0) is 13.5. The molecule has 5 heteroatoms. The van der Waals surface area contributed by atoms with Crippen molar-refractivity contribution in [2.24, 2.45) is 0 Å². The van der Waals surface area contributed by atoms with Gasteiger partial charge in [-0.05, 0) is 18.2 Å². The van der Waals surface area contributed by atoms with Crippen molar-refractivity contribution in [2.75, 3.05) is 11.9 Å². The highest BCUT2D eigenvalue weighted by Crippen LogP contribution is 2.20. The van der Waals surface area contributed by atoms with Crippen LogP contribution in [0.1, 0.15) is 25.8 Å². The van der Waals surface area contributed by atoms with Crippen LogP contribution >= 0.6 is 15.9 Å². The van der Waals surface area contributed by atoms with Crippen LogP contribution in [0, 0.1) is 11.3 Å². The Kier molecular flexibility index (Phi) is 5.83. The van der Waals surface area contributed by atoms with Crippen LogP contribution in [0.5, 0.6) is 0 Å². The Morgan fingerprint density at radius 1 is 1.50 bits per heavy atom. The maximum atomic E-state index is 11.7. The number of nitrogens with zero attached hydrogens (tertiary/aromatic N) is 1. The van der Waals surface area contributed by atoms with Gasteiger partial charge in [0.2, 0.25) is 5.91 Å². The van der Waals surface area contributed by atoms with Gasteiger partial charge in [-0.25, -0.2) is 0 Å². The molecule has 1 amide bonds. The van der Waals surface area contributed by atoms with Crippen LogP contribution in [-0.2, 0) is 4.79 Å². The average Bonchev–Trinajstić information content (AvgIpc) is 2.28. The molecule has 0 heterocycles. The summed E-state index contributed by atoms with van der Waals surface area (Å²) in [5, 5.41) is 14.9. The molecule has 2 N–H and O–H groups in total. The third-order valence-electron chi connectivity index (χ3n) is 2.28. The number of amides is 1. The Morgan fingerprint density at radius 3 is 2.83 bits per heavy atom. The van der Waals surface area contributed by atoms with Crippen molar-refractivity contribution in [3.8, 4) is 6.07 Å². The van der Waals surface area contributed by atoms with E-state index in [1.807, 2.05) is 13.8 Å². The fraction of sp³-hybridized carbons (Fsp3) is 0.385. The van der Waals surface area contributed by atoms with Crippen LogP contribution in [0.25, 0.3) is 0 Å². The lowest BCUT2D eigenvalue weighted by Gasteiger charge is -2.09. The lowest BCUT2D eigenvalue weighted by Crippen LogP contribution is -2.27. The highest BCUT2D eigenvalue weighted by Gasteiger charge is 2.07. The Hall–Kier alpha value is -1.38. The second-order valence-electron chi connectivity index (χ2n) is 4.21. The van der Waals surface area contributed by atoms with Crippen LogP contribution in [0.2, 0.25) is 0 Å². The summed E-state index contributed by atoms with van der Waals surface area (Å²) in [6.07, 6.45) is 0.384. The quantitative estimate of drug-likeness (QED) is 0.879. The first-order valence-electron chi connectivity index (χ1n) is 5.76. The molecule has 18 heavy (non-hydrogen) atoms. The summed E-state index contributed by atoms with van der Waals surface area (Å²) in [7, 11) is 0. The lowest BCUT2D eigenvalue weighted by atomic mass is 10.2. The SMILES string of the molecule is CC(C)NCCC(=O)Nc1cc(Br)ccc1C#N. The number of carbonyl (C=O) groups excluding carboxylic acids is 1. The first-order chi connectivity index (χ1) is 8.52. The number of nitriles is 1. The van der Waals surface area contributed by atoms with E-state index in [4.69, 9.17) is 5.26 Å². The molecule has 1 aromatic rings. The molecule has 0 aromatic heterocycles. The van der Waals surface area contributed by atoms with E-state index < -0.39 is 0 Å². The van der Waals surface area contributed by atoms with Crippen molar-refractivity contribution < 1.29 is 4.79 Å². The van der Waals surface area contributed by atoms with E-state index >= 15 is 0 Å². The van der Waals surface area contributed by atoms with Crippen LogP contribution in [-0.4, -0.2) is 18.5 Å². The Balaban J connectivity index is 2.59. The maximum absolute atomic E-state index is 11.7. The number of hydrogen-bond donors (Lipinski definition) is 2. The molecule has 0 saturated heterocycles. The standard InChI is InChI=1S/C13H16BrN3O/c1-9(2)16-6-5-13(18)17-12-7-11(14)4-3-10(12)8-15/h3-4,7,9,16H,5-6H2,1-2H3,(H,17,18). The van der Waals surface area contributed by atoms with Gasteiger partial charge in [0, 0.05) is 23.5 Å². The minimum Gasteiger partial charge on any atom is -0.325 e. The van der Waals surface area contributed by atoms with Crippen molar-refractivity contribution in [1.82, 2.24) is 5.32 Å². The molecule has 0 atom stereocenters. The van der Waals surface area contributed by atoms with Gasteiger partial charge in [-0.15, -0.1) is 0 Å². The highest BCUT2D eigenvalue weighted by molar-refractivity contribution is 9.10. The van der Waals surface area contributed by atoms with Crippen molar-refractivity contribution in [3.05, 3.63) is 28.2 Å². The minimum absolute atomic E-state index is 0.0993. The van der Waals surface area contributed by atoms with E-state index in [0.29, 0.717) is 30.3 Å². The molecule has 0 spiro atoms. The van der Waals surface area contributed by atoms with Crippen LogP contribution in [0.3, 0.4) is 0 Å². The number of halogens is 1. The second kappa shape index (κ2) is 7.14. The lowest BCUT2D eigenvalue weighted by molar-refractivity contribution is -0.116. The van der Waals surface area contributed by atoms with Gasteiger partial charge in [0.25, 0.3) is 0 Å². The van der Waals surface area contributed by atoms with Gasteiger partial charge < -0.3 is 10.6 Å².